The molecule has 5 nitrogen and oxygen atoms in total. The van der Waals surface area contributed by atoms with Gasteiger partial charge in [0.15, 0.2) is 11.6 Å². The summed E-state index contributed by atoms with van der Waals surface area (Å²) in [4.78, 5) is -0.0185. The lowest BCUT2D eigenvalue weighted by molar-refractivity contribution is 0.305. The third kappa shape index (κ3) is 4.34. The number of hydrogen-bond donors (Lipinski definition) is 0. The summed E-state index contributed by atoms with van der Waals surface area (Å²) in [5.74, 6) is 0.385. The molecule has 0 saturated heterocycles. The Labute approximate surface area is 204 Å². The van der Waals surface area contributed by atoms with Crippen molar-refractivity contribution in [2.24, 2.45) is 0 Å². The van der Waals surface area contributed by atoms with Crippen LogP contribution >= 0.6 is 11.6 Å². The van der Waals surface area contributed by atoms with Gasteiger partial charge in [0.25, 0.3) is 10.0 Å². The van der Waals surface area contributed by atoms with Crippen molar-refractivity contribution < 1.29 is 22.3 Å². The van der Waals surface area contributed by atoms with Crippen molar-refractivity contribution in [1.29, 1.82) is 0 Å². The summed E-state index contributed by atoms with van der Waals surface area (Å²) >= 11 is 6.47. The van der Waals surface area contributed by atoms with E-state index in [0.29, 0.717) is 41.9 Å². The van der Waals surface area contributed by atoms with Gasteiger partial charge in [-0.15, -0.1) is 0 Å². The fraction of sp³-hybridized carbons (Fsp3) is 0.308. The quantitative estimate of drug-likeness (QED) is 0.393. The number of methoxy groups -OCH3 is 1. The predicted molar refractivity (Wildman–Crippen MR) is 130 cm³/mol. The Bertz CT molecular complexity index is 1340. The zero-order valence-electron chi connectivity index (χ0n) is 18.8. The van der Waals surface area contributed by atoms with Crippen molar-refractivity contribution in [3.05, 3.63) is 82.1 Å². The van der Waals surface area contributed by atoms with Gasteiger partial charge in [-0.1, -0.05) is 29.8 Å². The molecule has 178 valence electrons. The summed E-state index contributed by atoms with van der Waals surface area (Å²) in [5.41, 5.74) is 3.70. The number of hydrogen-bond acceptors (Lipinski definition) is 4. The molecule has 5 rings (SSSR count). The molecule has 0 atom stereocenters. The predicted octanol–water partition coefficient (Wildman–Crippen LogP) is 6.09. The van der Waals surface area contributed by atoms with Crippen LogP contribution in [0.2, 0.25) is 5.02 Å². The van der Waals surface area contributed by atoms with Gasteiger partial charge in [0, 0.05) is 29.3 Å². The summed E-state index contributed by atoms with van der Waals surface area (Å²) in [5, 5.41) is 0.678. The van der Waals surface area contributed by atoms with Crippen LogP contribution in [0.5, 0.6) is 11.5 Å². The molecular weight excluding hydrogens is 477 g/mol. The maximum Gasteiger partial charge on any atom is 0.264 e. The van der Waals surface area contributed by atoms with Gasteiger partial charge in [-0.25, -0.2) is 12.8 Å². The minimum Gasteiger partial charge on any atom is -0.494 e. The fourth-order valence-corrected chi connectivity index (χ4v) is 6.23. The molecule has 34 heavy (non-hydrogen) atoms. The summed E-state index contributed by atoms with van der Waals surface area (Å²) in [6.07, 6.45) is 3.78. The highest BCUT2D eigenvalue weighted by atomic mass is 35.5. The molecule has 0 radical (unpaired) electrons. The van der Waals surface area contributed by atoms with Crippen LogP contribution < -0.4 is 13.8 Å². The van der Waals surface area contributed by atoms with Crippen molar-refractivity contribution in [3.8, 4) is 11.5 Å². The van der Waals surface area contributed by atoms with E-state index in [-0.39, 0.29) is 10.6 Å². The van der Waals surface area contributed by atoms with E-state index in [9.17, 15) is 12.8 Å². The van der Waals surface area contributed by atoms with Gasteiger partial charge in [-0.3, -0.25) is 4.31 Å². The minimum atomic E-state index is -3.92. The smallest absolute Gasteiger partial charge is 0.264 e. The Hall–Kier alpha value is -2.77. The molecule has 8 heteroatoms. The second kappa shape index (κ2) is 9.12. The van der Waals surface area contributed by atoms with Crippen LogP contribution in [-0.4, -0.2) is 22.1 Å². The first-order chi connectivity index (χ1) is 16.4. The zero-order chi connectivity index (χ0) is 23.9. The van der Waals surface area contributed by atoms with E-state index >= 15 is 0 Å². The molecule has 1 heterocycles. The van der Waals surface area contributed by atoms with E-state index in [2.05, 4.69) is 6.07 Å². The summed E-state index contributed by atoms with van der Waals surface area (Å²) in [7, 11) is -2.61. The lowest BCUT2D eigenvalue weighted by Gasteiger charge is -2.31. The summed E-state index contributed by atoms with van der Waals surface area (Å²) < 4.78 is 53.3. The number of ether oxygens (including phenoxy) is 2. The van der Waals surface area contributed by atoms with E-state index in [0.717, 1.165) is 36.5 Å². The van der Waals surface area contributed by atoms with Crippen molar-refractivity contribution >= 4 is 27.3 Å². The lowest BCUT2D eigenvalue weighted by Crippen LogP contribution is -2.35. The zero-order valence-corrected chi connectivity index (χ0v) is 20.3. The topological polar surface area (TPSA) is 55.8 Å². The largest absolute Gasteiger partial charge is 0.494 e. The van der Waals surface area contributed by atoms with E-state index in [1.54, 1.807) is 6.07 Å². The number of anilines is 1. The molecule has 1 saturated carbocycles. The molecule has 0 amide bonds. The van der Waals surface area contributed by atoms with Crippen LogP contribution in [0.4, 0.5) is 10.1 Å². The molecule has 1 aliphatic carbocycles. The number of sulfonamides is 1. The maximum absolute atomic E-state index is 13.9. The summed E-state index contributed by atoms with van der Waals surface area (Å²) in [6, 6.07) is 15.1. The molecule has 1 fully saturated rings. The number of aryl methyl sites for hydroxylation is 1. The van der Waals surface area contributed by atoms with E-state index < -0.39 is 15.8 Å². The molecule has 3 aromatic rings. The number of nitrogens with zero attached hydrogens (tertiary/aromatic N) is 1. The third-order valence-electron chi connectivity index (χ3n) is 6.40. The Morgan fingerprint density at radius 2 is 1.94 bits per heavy atom. The summed E-state index contributed by atoms with van der Waals surface area (Å²) in [6.45, 7) is 0.640. The van der Waals surface area contributed by atoms with Crippen LogP contribution in [0.25, 0.3) is 0 Å². The first kappa shape index (κ1) is 23.0. The minimum absolute atomic E-state index is 0.0185. The van der Waals surface area contributed by atoms with Crippen molar-refractivity contribution in [1.82, 2.24) is 0 Å². The second-order valence-corrected chi connectivity index (χ2v) is 10.9. The first-order valence-corrected chi connectivity index (χ1v) is 13.1. The number of fused-ring (bicyclic) bond motifs is 1. The van der Waals surface area contributed by atoms with Gasteiger partial charge in [-0.05, 0) is 67.0 Å². The van der Waals surface area contributed by atoms with Crippen molar-refractivity contribution in [2.75, 3.05) is 18.0 Å². The lowest BCUT2D eigenvalue weighted by atomic mass is 10.0. The fourth-order valence-electron chi connectivity index (χ4n) is 4.45. The van der Waals surface area contributed by atoms with E-state index in [4.69, 9.17) is 21.1 Å². The number of benzene rings is 3. The Kier molecular flexibility index (Phi) is 6.16. The van der Waals surface area contributed by atoms with Crippen molar-refractivity contribution in [3.63, 3.8) is 0 Å². The van der Waals surface area contributed by atoms with Gasteiger partial charge < -0.3 is 9.47 Å². The maximum atomic E-state index is 13.9. The highest BCUT2D eigenvalue weighted by molar-refractivity contribution is 7.92. The van der Waals surface area contributed by atoms with Gasteiger partial charge in [0.1, 0.15) is 12.4 Å². The molecule has 0 spiro atoms. The normalized spacial score (nSPS) is 15.7. The second-order valence-electron chi connectivity index (χ2n) is 8.64. The molecule has 0 N–H and O–H groups in total. The average Bonchev–Trinajstić information content (AvgIpc) is 3.68. The van der Waals surface area contributed by atoms with Gasteiger partial charge in [0.05, 0.1) is 17.7 Å². The highest BCUT2D eigenvalue weighted by Gasteiger charge is 2.31. The van der Waals surface area contributed by atoms with Crippen LogP contribution in [0.1, 0.15) is 41.9 Å². The number of rotatable bonds is 7. The molecule has 0 aromatic heterocycles. The van der Waals surface area contributed by atoms with Gasteiger partial charge >= 0.3 is 0 Å². The molecule has 1 aliphatic heterocycles. The molecule has 0 unspecified atom stereocenters. The van der Waals surface area contributed by atoms with E-state index in [1.165, 1.54) is 29.1 Å². The van der Waals surface area contributed by atoms with Crippen molar-refractivity contribution in [2.45, 2.75) is 43.1 Å². The van der Waals surface area contributed by atoms with Gasteiger partial charge in [-0.2, -0.15) is 0 Å². The van der Waals surface area contributed by atoms with Gasteiger partial charge in [0.2, 0.25) is 0 Å². The van der Waals surface area contributed by atoms with E-state index in [1.807, 2.05) is 24.3 Å². The first-order valence-electron chi connectivity index (χ1n) is 11.3. The molecule has 2 aliphatic rings. The molecular formula is C26H25ClFNO4S. The number of halogens is 2. The van der Waals surface area contributed by atoms with Crippen LogP contribution in [0.3, 0.4) is 0 Å². The standard InChI is InChI=1S/C26H25ClFNO4S/c1-32-26-15-20(11-12-24(26)28)34(30,31)29-13-3-4-18-9-10-19(14-25(18)29)33-16-22-21(17-7-8-17)5-2-6-23(22)27/h2,5-6,9-12,14-15,17H,3-4,7-8,13,16H2,1H3. The molecule has 3 aromatic carbocycles. The average molecular weight is 502 g/mol. The monoisotopic (exact) mass is 501 g/mol. The van der Waals surface area contributed by atoms with Crippen LogP contribution in [0.15, 0.2) is 59.5 Å². The molecule has 0 bridgehead atoms. The van der Waals surface area contributed by atoms with Crippen LogP contribution in [-0.2, 0) is 23.1 Å². The Morgan fingerprint density at radius 1 is 1.12 bits per heavy atom. The highest BCUT2D eigenvalue weighted by Crippen LogP contribution is 2.43. The van der Waals surface area contributed by atoms with Crippen LogP contribution in [0, 0.1) is 5.82 Å². The third-order valence-corrected chi connectivity index (χ3v) is 8.56. The Morgan fingerprint density at radius 3 is 2.71 bits per heavy atom. The SMILES string of the molecule is COc1cc(S(=O)(=O)N2CCCc3ccc(OCc4c(Cl)cccc4C4CC4)cc32)ccc1F. The Balaban J connectivity index is 1.44.